The fraction of sp³-hybridized carbons (Fsp3) is 0.930. The Labute approximate surface area is 415 Å². The second-order valence-corrected chi connectivity index (χ2v) is 21.2. The van der Waals surface area contributed by atoms with Gasteiger partial charge in [-0.1, -0.05) is 258 Å². The van der Waals surface area contributed by atoms with E-state index in [0.29, 0.717) is 19.4 Å². The lowest BCUT2D eigenvalue weighted by molar-refractivity contribution is -0.154. The molecule has 0 rings (SSSR count). The first-order chi connectivity index (χ1) is 32.8. The van der Waals surface area contributed by atoms with Gasteiger partial charge in [-0.3, -0.25) is 18.6 Å². The van der Waals surface area contributed by atoms with Crippen LogP contribution in [0, 0.1) is 0 Å². The molecule has 0 aliphatic rings. The van der Waals surface area contributed by atoms with E-state index in [1.807, 2.05) is 0 Å². The standard InChI is InChI=1S/C57H112NO8P/c1-4-7-10-13-16-19-22-25-27-29-32-35-38-41-44-47-51-63-53-55(66-57(60)49-46-43-40-37-34-31-28-26-23-20-17-14-11-8-5-2)54-65-67(61,62)64-52-50-58-56(59)48-45-42-39-36-33-30-24-21-18-15-12-9-6-3/h26,28,55H,4-25,27,29-54H2,1-3H3,(H,58,59)(H,61,62)/b28-26-/t55-/m1/s1. The van der Waals surface area contributed by atoms with Crippen LogP contribution in [0.4, 0.5) is 0 Å². The summed E-state index contributed by atoms with van der Waals surface area (Å²) >= 11 is 0. The monoisotopic (exact) mass is 970 g/mol. The quantitative estimate of drug-likeness (QED) is 0.0268. The fourth-order valence-electron chi connectivity index (χ4n) is 8.63. The van der Waals surface area contributed by atoms with Crippen LogP contribution in [0.2, 0.25) is 0 Å². The Hall–Kier alpha value is -1.25. The molecule has 0 heterocycles. The lowest BCUT2D eigenvalue weighted by Gasteiger charge is -2.20. The number of phosphoric ester groups is 1. The molecule has 67 heavy (non-hydrogen) atoms. The normalized spacial score (nSPS) is 13.1. The highest BCUT2D eigenvalue weighted by molar-refractivity contribution is 7.47. The minimum atomic E-state index is -4.44. The number of allylic oxidation sites excluding steroid dienone is 2. The van der Waals surface area contributed by atoms with Crippen LogP contribution in [0.3, 0.4) is 0 Å². The number of phosphoric acid groups is 1. The maximum atomic E-state index is 12.8. The van der Waals surface area contributed by atoms with Crippen molar-refractivity contribution in [2.24, 2.45) is 0 Å². The number of amides is 1. The predicted octanol–water partition coefficient (Wildman–Crippen LogP) is 17.9. The van der Waals surface area contributed by atoms with Gasteiger partial charge in [0.05, 0.1) is 19.8 Å². The molecule has 0 aliphatic heterocycles. The van der Waals surface area contributed by atoms with E-state index >= 15 is 0 Å². The van der Waals surface area contributed by atoms with Crippen LogP contribution in [-0.4, -0.2) is 55.8 Å². The maximum Gasteiger partial charge on any atom is 0.472 e. The first kappa shape index (κ1) is 65.8. The number of nitrogens with one attached hydrogen (secondary N) is 1. The van der Waals surface area contributed by atoms with E-state index in [0.717, 1.165) is 64.2 Å². The molecule has 0 bridgehead atoms. The van der Waals surface area contributed by atoms with Crippen molar-refractivity contribution in [2.75, 3.05) is 33.0 Å². The summed E-state index contributed by atoms with van der Waals surface area (Å²) in [5.74, 6) is -0.433. The van der Waals surface area contributed by atoms with Crippen LogP contribution < -0.4 is 5.32 Å². The van der Waals surface area contributed by atoms with Gasteiger partial charge in [-0.2, -0.15) is 0 Å². The molecule has 2 N–H and O–H groups in total. The topological polar surface area (TPSA) is 120 Å². The number of carbonyl (C=O) groups is 2. The molecule has 0 aliphatic carbocycles. The Balaban J connectivity index is 4.39. The number of rotatable bonds is 56. The van der Waals surface area contributed by atoms with Crippen molar-refractivity contribution in [3.05, 3.63) is 12.2 Å². The summed E-state index contributed by atoms with van der Waals surface area (Å²) in [5.41, 5.74) is 0. The van der Waals surface area contributed by atoms with Crippen LogP contribution in [-0.2, 0) is 32.7 Å². The van der Waals surface area contributed by atoms with Crippen molar-refractivity contribution in [3.8, 4) is 0 Å². The Morgan fingerprint density at radius 1 is 0.448 bits per heavy atom. The maximum absolute atomic E-state index is 12.8. The highest BCUT2D eigenvalue weighted by Crippen LogP contribution is 2.43. The summed E-state index contributed by atoms with van der Waals surface area (Å²) in [6.45, 7) is 7.06. The molecule has 0 fully saturated rings. The van der Waals surface area contributed by atoms with E-state index in [2.05, 4.69) is 38.2 Å². The lowest BCUT2D eigenvalue weighted by atomic mass is 10.0. The lowest BCUT2D eigenvalue weighted by Crippen LogP contribution is -2.29. The summed E-state index contributed by atoms with van der Waals surface area (Å²) in [7, 11) is -4.44. The van der Waals surface area contributed by atoms with Gasteiger partial charge in [0.1, 0.15) is 6.10 Å². The molecule has 0 radical (unpaired) electrons. The van der Waals surface area contributed by atoms with Gasteiger partial charge in [-0.25, -0.2) is 4.57 Å². The Morgan fingerprint density at radius 3 is 1.22 bits per heavy atom. The smallest absolute Gasteiger partial charge is 0.457 e. The number of hydrogen-bond acceptors (Lipinski definition) is 7. The summed E-state index contributed by atoms with van der Waals surface area (Å²) in [5, 5.41) is 2.78. The van der Waals surface area contributed by atoms with Gasteiger partial charge in [0.25, 0.3) is 0 Å². The molecule has 1 amide bonds. The van der Waals surface area contributed by atoms with Crippen LogP contribution in [0.25, 0.3) is 0 Å². The average molecular weight is 970 g/mol. The third-order valence-corrected chi connectivity index (χ3v) is 14.0. The highest BCUT2D eigenvalue weighted by atomic mass is 31.2. The van der Waals surface area contributed by atoms with E-state index in [4.69, 9.17) is 18.5 Å². The summed E-state index contributed by atoms with van der Waals surface area (Å²) in [6.07, 6.45) is 57.2. The van der Waals surface area contributed by atoms with E-state index in [1.54, 1.807) is 0 Å². The molecule has 0 saturated heterocycles. The first-order valence-corrected chi connectivity index (χ1v) is 30.6. The zero-order valence-corrected chi connectivity index (χ0v) is 45.5. The third-order valence-electron chi connectivity index (χ3n) is 13.0. The van der Waals surface area contributed by atoms with Crippen LogP contribution in [0.15, 0.2) is 12.2 Å². The molecule has 9 nitrogen and oxygen atoms in total. The molecule has 0 saturated carbocycles. The minimum Gasteiger partial charge on any atom is -0.457 e. The second-order valence-electron chi connectivity index (χ2n) is 19.8. The van der Waals surface area contributed by atoms with Gasteiger partial charge >= 0.3 is 13.8 Å². The minimum absolute atomic E-state index is 0.0833. The summed E-state index contributed by atoms with van der Waals surface area (Å²) in [4.78, 5) is 35.6. The van der Waals surface area contributed by atoms with E-state index < -0.39 is 13.9 Å². The number of esters is 1. The van der Waals surface area contributed by atoms with Crippen molar-refractivity contribution >= 4 is 19.7 Å². The second kappa shape index (κ2) is 54.1. The molecule has 1 unspecified atom stereocenters. The summed E-state index contributed by atoms with van der Waals surface area (Å²) in [6, 6.07) is 0. The van der Waals surface area contributed by atoms with Crippen molar-refractivity contribution in [1.82, 2.24) is 5.32 Å². The average Bonchev–Trinajstić information content (AvgIpc) is 3.31. The first-order valence-electron chi connectivity index (χ1n) is 29.1. The number of carbonyl (C=O) groups excluding carboxylic acids is 2. The molecule has 398 valence electrons. The fourth-order valence-corrected chi connectivity index (χ4v) is 9.38. The Morgan fingerprint density at radius 2 is 0.806 bits per heavy atom. The number of hydrogen-bond donors (Lipinski definition) is 2. The molecular weight excluding hydrogens is 858 g/mol. The van der Waals surface area contributed by atoms with E-state index in [-0.39, 0.29) is 38.2 Å². The van der Waals surface area contributed by atoms with E-state index in [1.165, 1.54) is 205 Å². The predicted molar refractivity (Wildman–Crippen MR) is 285 cm³/mol. The number of unbranched alkanes of at least 4 members (excludes halogenated alkanes) is 38. The number of ether oxygens (including phenoxy) is 2. The van der Waals surface area contributed by atoms with Crippen molar-refractivity contribution in [1.29, 1.82) is 0 Å². The van der Waals surface area contributed by atoms with E-state index in [9.17, 15) is 19.0 Å². The Bertz CT molecular complexity index is 1110. The van der Waals surface area contributed by atoms with Crippen LogP contribution in [0.1, 0.15) is 303 Å². The van der Waals surface area contributed by atoms with Gasteiger partial charge < -0.3 is 19.7 Å². The summed E-state index contributed by atoms with van der Waals surface area (Å²) < 4.78 is 34.8. The van der Waals surface area contributed by atoms with Crippen LogP contribution >= 0.6 is 7.82 Å². The van der Waals surface area contributed by atoms with Gasteiger partial charge in [0, 0.05) is 26.0 Å². The largest absolute Gasteiger partial charge is 0.472 e. The molecular formula is C57H112NO8P. The molecule has 2 atom stereocenters. The molecule has 0 spiro atoms. The molecule has 0 aromatic carbocycles. The molecule has 10 heteroatoms. The van der Waals surface area contributed by atoms with Crippen LogP contribution in [0.5, 0.6) is 0 Å². The van der Waals surface area contributed by atoms with Gasteiger partial charge in [-0.05, 0) is 44.9 Å². The molecule has 0 aromatic heterocycles. The van der Waals surface area contributed by atoms with Crippen molar-refractivity contribution in [2.45, 2.75) is 309 Å². The highest BCUT2D eigenvalue weighted by Gasteiger charge is 2.25. The molecule has 0 aromatic rings. The van der Waals surface area contributed by atoms with Crippen molar-refractivity contribution < 1.29 is 37.6 Å². The third kappa shape index (κ3) is 53.9. The SMILES string of the molecule is CCCCCCCC/C=C\CCCCCCCC(=O)O[C@H](COCCCCCCCCCCCCCCCCCC)COP(=O)(O)OCCNC(=O)CCCCCCCCCCCCCCC. The van der Waals surface area contributed by atoms with Gasteiger partial charge in [-0.15, -0.1) is 0 Å². The van der Waals surface area contributed by atoms with Gasteiger partial charge in [0.15, 0.2) is 0 Å². The Kier molecular flexibility index (Phi) is 53.1. The van der Waals surface area contributed by atoms with Crippen molar-refractivity contribution in [3.63, 3.8) is 0 Å². The van der Waals surface area contributed by atoms with Gasteiger partial charge in [0.2, 0.25) is 5.91 Å². The zero-order valence-electron chi connectivity index (χ0n) is 44.6. The zero-order chi connectivity index (χ0) is 48.8.